The SMILES string of the molecule is Cc1n[nH]c(=S)n1/N=C\c1ccc(-c2ccc(Cl)c(Cl)c2)o1. The third kappa shape index (κ3) is 2.99. The van der Waals surface area contributed by atoms with Crippen LogP contribution in [0.25, 0.3) is 11.3 Å². The van der Waals surface area contributed by atoms with Crippen molar-refractivity contribution in [2.75, 3.05) is 0 Å². The van der Waals surface area contributed by atoms with E-state index in [-0.39, 0.29) is 0 Å². The summed E-state index contributed by atoms with van der Waals surface area (Å²) in [6.07, 6.45) is 1.57. The van der Waals surface area contributed by atoms with E-state index in [0.717, 1.165) is 5.56 Å². The number of hydrogen-bond donors (Lipinski definition) is 1. The molecule has 2 aromatic heterocycles. The molecule has 0 bridgehead atoms. The fraction of sp³-hybridized carbons (Fsp3) is 0.0714. The molecule has 0 radical (unpaired) electrons. The molecule has 0 unspecified atom stereocenters. The van der Waals surface area contributed by atoms with Gasteiger partial charge in [0, 0.05) is 5.56 Å². The number of nitrogens with one attached hydrogen (secondary N) is 1. The third-order valence-corrected chi connectivity index (χ3v) is 3.95. The number of furan rings is 1. The number of aromatic amines is 1. The maximum Gasteiger partial charge on any atom is 0.216 e. The van der Waals surface area contributed by atoms with Gasteiger partial charge in [-0.05, 0) is 49.5 Å². The first-order valence-corrected chi connectivity index (χ1v) is 7.44. The van der Waals surface area contributed by atoms with E-state index in [1.165, 1.54) is 4.68 Å². The van der Waals surface area contributed by atoms with Gasteiger partial charge >= 0.3 is 0 Å². The predicted molar refractivity (Wildman–Crippen MR) is 89.3 cm³/mol. The van der Waals surface area contributed by atoms with Gasteiger partial charge in [-0.15, -0.1) is 0 Å². The Labute approximate surface area is 141 Å². The van der Waals surface area contributed by atoms with Crippen molar-refractivity contribution in [3.05, 3.63) is 56.7 Å². The number of rotatable bonds is 3. The second kappa shape index (κ2) is 6.08. The predicted octanol–water partition coefficient (Wildman–Crippen LogP) is 4.70. The summed E-state index contributed by atoms with van der Waals surface area (Å²) in [5, 5.41) is 11.8. The van der Waals surface area contributed by atoms with Gasteiger partial charge in [-0.25, -0.2) is 0 Å². The number of hydrogen-bond acceptors (Lipinski definition) is 4. The Hall–Kier alpha value is -1.89. The van der Waals surface area contributed by atoms with Gasteiger partial charge in [0.05, 0.1) is 16.3 Å². The molecule has 3 rings (SSSR count). The molecular weight excluding hydrogens is 343 g/mol. The first-order valence-electron chi connectivity index (χ1n) is 6.28. The van der Waals surface area contributed by atoms with Gasteiger partial charge in [-0.2, -0.15) is 14.9 Å². The van der Waals surface area contributed by atoms with Crippen molar-refractivity contribution in [1.29, 1.82) is 0 Å². The third-order valence-electron chi connectivity index (χ3n) is 2.94. The van der Waals surface area contributed by atoms with Crippen molar-refractivity contribution < 1.29 is 4.42 Å². The molecule has 0 amide bonds. The van der Waals surface area contributed by atoms with Crippen LogP contribution in [0.1, 0.15) is 11.6 Å². The molecule has 0 aliphatic heterocycles. The average Bonchev–Trinajstić information content (AvgIpc) is 3.08. The van der Waals surface area contributed by atoms with E-state index in [0.29, 0.717) is 32.2 Å². The molecule has 22 heavy (non-hydrogen) atoms. The van der Waals surface area contributed by atoms with Crippen molar-refractivity contribution in [1.82, 2.24) is 14.9 Å². The van der Waals surface area contributed by atoms with E-state index < -0.39 is 0 Å². The monoisotopic (exact) mass is 352 g/mol. The van der Waals surface area contributed by atoms with Gasteiger partial charge in [0.1, 0.15) is 17.3 Å². The van der Waals surface area contributed by atoms with E-state index in [1.54, 1.807) is 31.3 Å². The van der Waals surface area contributed by atoms with E-state index >= 15 is 0 Å². The highest BCUT2D eigenvalue weighted by Gasteiger charge is 2.06. The van der Waals surface area contributed by atoms with E-state index in [1.807, 2.05) is 12.1 Å². The Morgan fingerprint density at radius 2 is 2.09 bits per heavy atom. The topological polar surface area (TPSA) is 59.1 Å². The highest BCUT2D eigenvalue weighted by Crippen LogP contribution is 2.29. The molecule has 0 atom stereocenters. The number of nitrogens with zero attached hydrogens (tertiary/aromatic N) is 3. The van der Waals surface area contributed by atoms with Crippen LogP contribution in [0.2, 0.25) is 10.0 Å². The highest BCUT2D eigenvalue weighted by atomic mass is 35.5. The van der Waals surface area contributed by atoms with Crippen LogP contribution in [-0.4, -0.2) is 21.1 Å². The minimum absolute atomic E-state index is 0.421. The van der Waals surface area contributed by atoms with Gasteiger partial charge in [0.2, 0.25) is 4.77 Å². The molecule has 0 spiro atoms. The standard InChI is InChI=1S/C14H10Cl2N4OS/c1-8-18-19-14(22)20(8)17-7-10-3-5-13(21-10)9-2-4-11(15)12(16)6-9/h2-7H,1H3,(H,19,22)/b17-7-. The summed E-state index contributed by atoms with van der Waals surface area (Å²) in [7, 11) is 0. The number of aryl methyl sites for hydroxylation is 1. The van der Waals surface area contributed by atoms with Crippen molar-refractivity contribution in [2.24, 2.45) is 5.10 Å². The zero-order chi connectivity index (χ0) is 15.7. The van der Waals surface area contributed by atoms with Crippen LogP contribution in [0.15, 0.2) is 39.9 Å². The molecule has 0 aliphatic rings. The highest BCUT2D eigenvalue weighted by molar-refractivity contribution is 7.71. The lowest BCUT2D eigenvalue weighted by Crippen LogP contribution is -1.92. The summed E-state index contributed by atoms with van der Waals surface area (Å²) in [6, 6.07) is 8.96. The second-order valence-electron chi connectivity index (χ2n) is 4.46. The largest absolute Gasteiger partial charge is 0.455 e. The molecule has 8 heteroatoms. The molecule has 5 nitrogen and oxygen atoms in total. The van der Waals surface area contributed by atoms with Crippen LogP contribution in [0.5, 0.6) is 0 Å². The molecule has 3 aromatic rings. The van der Waals surface area contributed by atoms with Gasteiger partial charge in [-0.1, -0.05) is 23.2 Å². The van der Waals surface area contributed by atoms with Crippen LogP contribution in [0, 0.1) is 11.7 Å². The van der Waals surface area contributed by atoms with Gasteiger partial charge in [0.15, 0.2) is 0 Å². The smallest absolute Gasteiger partial charge is 0.216 e. The molecule has 0 saturated carbocycles. The number of benzene rings is 1. The summed E-state index contributed by atoms with van der Waals surface area (Å²) >= 11 is 17.0. The maximum absolute atomic E-state index is 6.01. The quantitative estimate of drug-likeness (QED) is 0.549. The van der Waals surface area contributed by atoms with E-state index in [9.17, 15) is 0 Å². The lowest BCUT2D eigenvalue weighted by molar-refractivity contribution is 0.574. The maximum atomic E-state index is 6.01. The lowest BCUT2D eigenvalue weighted by atomic mass is 10.2. The average molecular weight is 353 g/mol. The molecule has 2 heterocycles. The summed E-state index contributed by atoms with van der Waals surface area (Å²) in [5.41, 5.74) is 0.838. The van der Waals surface area contributed by atoms with Crippen LogP contribution in [-0.2, 0) is 0 Å². The second-order valence-corrected chi connectivity index (χ2v) is 5.66. The zero-order valence-corrected chi connectivity index (χ0v) is 13.7. The minimum atomic E-state index is 0.421. The van der Waals surface area contributed by atoms with Crippen molar-refractivity contribution in [2.45, 2.75) is 6.92 Å². The minimum Gasteiger partial charge on any atom is -0.455 e. The Morgan fingerprint density at radius 1 is 1.27 bits per heavy atom. The Kier molecular flexibility index (Phi) is 4.15. The van der Waals surface area contributed by atoms with Crippen LogP contribution in [0.3, 0.4) is 0 Å². The Morgan fingerprint density at radius 3 is 2.77 bits per heavy atom. The van der Waals surface area contributed by atoms with Crippen LogP contribution < -0.4 is 0 Å². The Balaban J connectivity index is 1.88. The van der Waals surface area contributed by atoms with Gasteiger partial charge in [-0.3, -0.25) is 5.10 Å². The number of aromatic nitrogens is 3. The summed E-state index contributed by atoms with van der Waals surface area (Å²) in [6.45, 7) is 1.80. The summed E-state index contributed by atoms with van der Waals surface area (Å²) < 4.78 is 7.65. The summed E-state index contributed by atoms with van der Waals surface area (Å²) in [5.74, 6) is 1.92. The fourth-order valence-corrected chi connectivity index (χ4v) is 2.37. The lowest BCUT2D eigenvalue weighted by Gasteiger charge is -1.99. The first-order chi connectivity index (χ1) is 10.5. The van der Waals surface area contributed by atoms with Gasteiger partial charge in [0.25, 0.3) is 0 Å². The molecule has 0 aliphatic carbocycles. The first kappa shape index (κ1) is 15.0. The van der Waals surface area contributed by atoms with Crippen molar-refractivity contribution in [3.63, 3.8) is 0 Å². The molecule has 1 aromatic carbocycles. The van der Waals surface area contributed by atoms with E-state index in [2.05, 4.69) is 15.3 Å². The molecule has 0 fully saturated rings. The van der Waals surface area contributed by atoms with Crippen molar-refractivity contribution >= 4 is 41.6 Å². The summed E-state index contributed by atoms with van der Waals surface area (Å²) in [4.78, 5) is 0. The normalized spacial score (nSPS) is 11.4. The zero-order valence-electron chi connectivity index (χ0n) is 11.4. The van der Waals surface area contributed by atoms with Gasteiger partial charge < -0.3 is 4.42 Å². The fourth-order valence-electron chi connectivity index (χ4n) is 1.85. The van der Waals surface area contributed by atoms with E-state index in [4.69, 9.17) is 39.8 Å². The Bertz CT molecular complexity index is 910. The molecular formula is C14H10Cl2N4OS. The number of halogens is 2. The molecule has 0 saturated heterocycles. The van der Waals surface area contributed by atoms with Crippen LogP contribution >= 0.6 is 35.4 Å². The molecule has 1 N–H and O–H groups in total. The van der Waals surface area contributed by atoms with Crippen LogP contribution in [0.4, 0.5) is 0 Å². The number of H-pyrrole nitrogens is 1. The molecule has 112 valence electrons. The van der Waals surface area contributed by atoms with Crippen molar-refractivity contribution in [3.8, 4) is 11.3 Å².